The predicted molar refractivity (Wildman–Crippen MR) is 110 cm³/mol. The van der Waals surface area contributed by atoms with E-state index in [1.807, 2.05) is 56.9 Å². The summed E-state index contributed by atoms with van der Waals surface area (Å²) in [5.41, 5.74) is 8.21. The van der Waals surface area contributed by atoms with Crippen LogP contribution in [0.1, 0.15) is 50.9 Å². The maximum atomic E-state index is 13.3. The van der Waals surface area contributed by atoms with Gasteiger partial charge < -0.3 is 15.5 Å². The molecule has 1 aliphatic rings. The quantitative estimate of drug-likeness (QED) is 0.874. The van der Waals surface area contributed by atoms with E-state index in [0.717, 1.165) is 31.5 Å². The Morgan fingerprint density at radius 2 is 1.70 bits per heavy atom. The number of nitrogens with zero attached hydrogens (tertiary/aromatic N) is 4. The Kier molecular flexibility index (Phi) is 5.63. The standard InChI is InChI=1S/C21H29N5O/c1-14(2)26(15(3)4)20(27)17-10-6-5-9-16(17)18-13-19(22)24-21(23-18)25-11-7-8-12-25/h5-6,9-10,13-15H,7-8,11-12H2,1-4H3,(H2,22,23,24). The largest absolute Gasteiger partial charge is 0.384 e. The van der Waals surface area contributed by atoms with Gasteiger partial charge in [-0.15, -0.1) is 0 Å². The van der Waals surface area contributed by atoms with E-state index in [1.165, 1.54) is 0 Å². The predicted octanol–water partition coefficient (Wildman–Crippen LogP) is 3.59. The molecule has 0 spiro atoms. The third-order valence-electron chi connectivity index (χ3n) is 4.90. The molecule has 0 aliphatic carbocycles. The lowest BCUT2D eigenvalue weighted by Crippen LogP contribution is -2.42. The lowest BCUT2D eigenvalue weighted by molar-refractivity contribution is 0.0644. The molecule has 2 aromatic rings. The number of benzene rings is 1. The van der Waals surface area contributed by atoms with Gasteiger partial charge in [0.1, 0.15) is 5.82 Å². The molecule has 144 valence electrons. The van der Waals surface area contributed by atoms with Crippen molar-refractivity contribution in [1.29, 1.82) is 0 Å². The van der Waals surface area contributed by atoms with Gasteiger partial charge in [-0.25, -0.2) is 4.98 Å². The molecule has 0 radical (unpaired) electrons. The zero-order valence-corrected chi connectivity index (χ0v) is 16.6. The zero-order chi connectivity index (χ0) is 19.6. The molecule has 2 N–H and O–H groups in total. The molecule has 1 saturated heterocycles. The van der Waals surface area contributed by atoms with E-state index in [1.54, 1.807) is 6.07 Å². The van der Waals surface area contributed by atoms with Gasteiger partial charge in [0.2, 0.25) is 5.95 Å². The summed E-state index contributed by atoms with van der Waals surface area (Å²) in [7, 11) is 0. The number of hydrogen-bond donors (Lipinski definition) is 1. The molecule has 1 aliphatic heterocycles. The number of nitrogens with two attached hydrogens (primary N) is 1. The van der Waals surface area contributed by atoms with E-state index in [4.69, 9.17) is 10.7 Å². The Morgan fingerprint density at radius 1 is 1.07 bits per heavy atom. The average Bonchev–Trinajstić information content (AvgIpc) is 3.15. The molecule has 6 heteroatoms. The average molecular weight is 367 g/mol. The maximum absolute atomic E-state index is 13.3. The first-order valence-corrected chi connectivity index (χ1v) is 9.70. The van der Waals surface area contributed by atoms with Gasteiger partial charge in [-0.05, 0) is 46.6 Å². The first-order chi connectivity index (χ1) is 12.9. The number of amides is 1. The molecule has 0 saturated carbocycles. The Morgan fingerprint density at radius 3 is 2.33 bits per heavy atom. The minimum absolute atomic E-state index is 0.00973. The smallest absolute Gasteiger partial charge is 0.255 e. The normalized spacial score (nSPS) is 14.2. The molecule has 27 heavy (non-hydrogen) atoms. The first kappa shape index (κ1) is 19.1. The molecule has 0 bridgehead atoms. The van der Waals surface area contributed by atoms with Crippen LogP contribution in [0, 0.1) is 0 Å². The van der Waals surface area contributed by atoms with Crippen molar-refractivity contribution >= 4 is 17.7 Å². The fourth-order valence-electron chi connectivity index (χ4n) is 3.75. The number of aromatic nitrogens is 2. The molecule has 1 fully saturated rings. The van der Waals surface area contributed by atoms with Gasteiger partial charge in [-0.2, -0.15) is 4.98 Å². The molecule has 3 rings (SSSR count). The van der Waals surface area contributed by atoms with Gasteiger partial charge in [0.05, 0.1) is 5.69 Å². The number of rotatable bonds is 5. The summed E-state index contributed by atoms with van der Waals surface area (Å²) in [5, 5.41) is 0. The second-order valence-corrected chi connectivity index (χ2v) is 7.62. The van der Waals surface area contributed by atoms with Gasteiger partial charge in [0.15, 0.2) is 0 Å². The highest BCUT2D eigenvalue weighted by Gasteiger charge is 2.25. The van der Waals surface area contributed by atoms with E-state index in [-0.39, 0.29) is 18.0 Å². The van der Waals surface area contributed by atoms with E-state index >= 15 is 0 Å². The van der Waals surface area contributed by atoms with Gasteiger partial charge in [0, 0.05) is 42.4 Å². The molecule has 1 amide bonds. The SMILES string of the molecule is CC(C)N(C(=O)c1ccccc1-c1cc(N)nc(N2CCCC2)n1)C(C)C. The number of carbonyl (C=O) groups is 1. The van der Waals surface area contributed by atoms with Crippen LogP contribution in [0.25, 0.3) is 11.3 Å². The second-order valence-electron chi connectivity index (χ2n) is 7.62. The van der Waals surface area contributed by atoms with Crippen LogP contribution in [0.15, 0.2) is 30.3 Å². The van der Waals surface area contributed by atoms with Crippen molar-refractivity contribution in [1.82, 2.24) is 14.9 Å². The Balaban J connectivity index is 2.05. The molecule has 0 unspecified atom stereocenters. The van der Waals surface area contributed by atoms with E-state index in [2.05, 4.69) is 9.88 Å². The molecular formula is C21H29N5O. The van der Waals surface area contributed by atoms with Crippen LogP contribution in [-0.2, 0) is 0 Å². The van der Waals surface area contributed by atoms with Crippen LogP contribution >= 0.6 is 0 Å². The lowest BCUT2D eigenvalue weighted by Gasteiger charge is -2.31. The van der Waals surface area contributed by atoms with E-state index in [0.29, 0.717) is 23.0 Å². The van der Waals surface area contributed by atoms with Gasteiger partial charge >= 0.3 is 0 Å². The Hall–Kier alpha value is -2.63. The van der Waals surface area contributed by atoms with Crippen molar-refractivity contribution in [2.45, 2.75) is 52.6 Å². The van der Waals surface area contributed by atoms with Crippen molar-refractivity contribution in [2.75, 3.05) is 23.7 Å². The van der Waals surface area contributed by atoms with Crippen molar-refractivity contribution in [3.8, 4) is 11.3 Å². The van der Waals surface area contributed by atoms with Crippen molar-refractivity contribution in [3.63, 3.8) is 0 Å². The topological polar surface area (TPSA) is 75.3 Å². The number of nitrogen functional groups attached to an aromatic ring is 1. The lowest BCUT2D eigenvalue weighted by atomic mass is 10.0. The monoisotopic (exact) mass is 367 g/mol. The summed E-state index contributed by atoms with van der Waals surface area (Å²) in [5.74, 6) is 1.08. The van der Waals surface area contributed by atoms with Gasteiger partial charge in [0.25, 0.3) is 5.91 Å². The molecule has 1 aromatic carbocycles. The fourth-order valence-corrected chi connectivity index (χ4v) is 3.75. The second kappa shape index (κ2) is 7.94. The van der Waals surface area contributed by atoms with Crippen LogP contribution in [-0.4, -0.2) is 45.9 Å². The van der Waals surface area contributed by atoms with Crippen LogP contribution in [0.3, 0.4) is 0 Å². The molecule has 0 atom stereocenters. The maximum Gasteiger partial charge on any atom is 0.255 e. The van der Waals surface area contributed by atoms with Crippen LogP contribution < -0.4 is 10.6 Å². The zero-order valence-electron chi connectivity index (χ0n) is 16.6. The fraction of sp³-hybridized carbons (Fsp3) is 0.476. The summed E-state index contributed by atoms with van der Waals surface area (Å²) < 4.78 is 0. The van der Waals surface area contributed by atoms with Crippen molar-refractivity contribution in [3.05, 3.63) is 35.9 Å². The highest BCUT2D eigenvalue weighted by Crippen LogP contribution is 2.28. The molecular weight excluding hydrogens is 338 g/mol. The van der Waals surface area contributed by atoms with Gasteiger partial charge in [-0.1, -0.05) is 18.2 Å². The summed E-state index contributed by atoms with van der Waals surface area (Å²) in [4.78, 5) is 26.5. The third-order valence-corrected chi connectivity index (χ3v) is 4.90. The van der Waals surface area contributed by atoms with Crippen LogP contribution in [0.4, 0.5) is 11.8 Å². The number of hydrogen-bond acceptors (Lipinski definition) is 5. The third kappa shape index (κ3) is 4.04. The van der Waals surface area contributed by atoms with Crippen molar-refractivity contribution in [2.24, 2.45) is 0 Å². The van der Waals surface area contributed by atoms with E-state index in [9.17, 15) is 4.79 Å². The number of anilines is 2. The first-order valence-electron chi connectivity index (χ1n) is 9.70. The minimum Gasteiger partial charge on any atom is -0.384 e. The number of carbonyl (C=O) groups excluding carboxylic acids is 1. The minimum atomic E-state index is 0.00973. The molecule has 1 aromatic heterocycles. The van der Waals surface area contributed by atoms with Crippen molar-refractivity contribution < 1.29 is 4.79 Å². The Bertz CT molecular complexity index is 804. The van der Waals surface area contributed by atoms with E-state index < -0.39 is 0 Å². The highest BCUT2D eigenvalue weighted by molar-refractivity contribution is 6.01. The van der Waals surface area contributed by atoms with Crippen LogP contribution in [0.5, 0.6) is 0 Å². The summed E-state index contributed by atoms with van der Waals surface area (Å²) >= 11 is 0. The van der Waals surface area contributed by atoms with Gasteiger partial charge in [-0.3, -0.25) is 4.79 Å². The summed E-state index contributed by atoms with van der Waals surface area (Å²) in [6, 6.07) is 9.59. The molecule has 2 heterocycles. The van der Waals surface area contributed by atoms with Crippen LogP contribution in [0.2, 0.25) is 0 Å². The Labute approximate surface area is 161 Å². The highest BCUT2D eigenvalue weighted by atomic mass is 16.2. The summed E-state index contributed by atoms with van der Waals surface area (Å²) in [6.07, 6.45) is 2.28. The molecule has 6 nitrogen and oxygen atoms in total. The summed E-state index contributed by atoms with van der Waals surface area (Å²) in [6.45, 7) is 10.0.